The molecule has 19 heavy (non-hydrogen) atoms. The molecule has 2 aliphatic carbocycles. The molecule has 0 aliphatic heterocycles. The summed E-state index contributed by atoms with van der Waals surface area (Å²) in [6.45, 7) is 2.31. The van der Waals surface area contributed by atoms with E-state index in [9.17, 15) is 9.90 Å². The summed E-state index contributed by atoms with van der Waals surface area (Å²) in [5, 5.41) is 12.9. The van der Waals surface area contributed by atoms with E-state index in [0.717, 1.165) is 19.3 Å². The van der Waals surface area contributed by atoms with Gasteiger partial charge in [0.05, 0.1) is 12.1 Å². The van der Waals surface area contributed by atoms with Crippen LogP contribution in [0.1, 0.15) is 71.1 Å². The summed E-state index contributed by atoms with van der Waals surface area (Å²) in [5.41, 5.74) is -0.330. The molecular weight excluding hydrogens is 238 g/mol. The second-order valence-electron chi connectivity index (χ2n) is 6.90. The van der Waals surface area contributed by atoms with Crippen LogP contribution in [0.15, 0.2) is 0 Å². The Labute approximate surface area is 117 Å². The Bertz CT molecular complexity index is 299. The fourth-order valence-corrected chi connectivity index (χ4v) is 3.96. The van der Waals surface area contributed by atoms with E-state index in [-0.39, 0.29) is 18.1 Å². The van der Waals surface area contributed by atoms with Crippen LogP contribution >= 0.6 is 0 Å². The Morgan fingerprint density at radius 3 is 2.58 bits per heavy atom. The predicted molar refractivity (Wildman–Crippen MR) is 76.8 cm³/mol. The van der Waals surface area contributed by atoms with Crippen LogP contribution in [0.25, 0.3) is 0 Å². The first-order valence-electron chi connectivity index (χ1n) is 8.05. The molecule has 0 spiro atoms. The molecule has 0 radical (unpaired) electrons. The maximum Gasteiger partial charge on any atom is 0.220 e. The van der Waals surface area contributed by atoms with Crippen LogP contribution in [0.3, 0.4) is 0 Å². The molecule has 110 valence electrons. The van der Waals surface area contributed by atoms with Crippen molar-refractivity contribution in [1.82, 2.24) is 5.32 Å². The maximum atomic E-state index is 12.2. The summed E-state index contributed by atoms with van der Waals surface area (Å²) in [6, 6.07) is 0. The van der Waals surface area contributed by atoms with Gasteiger partial charge in [0.2, 0.25) is 5.91 Å². The van der Waals surface area contributed by atoms with E-state index in [1.807, 2.05) is 0 Å². The van der Waals surface area contributed by atoms with Gasteiger partial charge >= 0.3 is 0 Å². The van der Waals surface area contributed by atoms with Crippen LogP contribution < -0.4 is 5.32 Å². The molecule has 0 aromatic carbocycles. The van der Waals surface area contributed by atoms with Gasteiger partial charge in [-0.05, 0) is 37.5 Å². The lowest BCUT2D eigenvalue weighted by Crippen LogP contribution is -2.54. The number of rotatable bonds is 4. The Morgan fingerprint density at radius 1 is 1.21 bits per heavy atom. The van der Waals surface area contributed by atoms with Crippen LogP contribution in [0.4, 0.5) is 0 Å². The Kier molecular flexibility index (Phi) is 5.26. The zero-order valence-electron chi connectivity index (χ0n) is 12.3. The normalized spacial score (nSPS) is 33.1. The van der Waals surface area contributed by atoms with Crippen molar-refractivity contribution in [2.24, 2.45) is 11.8 Å². The minimum atomic E-state index is -0.330. The fraction of sp³-hybridized carbons (Fsp3) is 0.938. The van der Waals surface area contributed by atoms with Gasteiger partial charge in [-0.15, -0.1) is 0 Å². The molecular formula is C16H29NO2. The summed E-state index contributed by atoms with van der Waals surface area (Å²) in [5.74, 6) is 1.34. The molecule has 0 saturated heterocycles. The lowest BCUT2D eigenvalue weighted by Gasteiger charge is -2.39. The highest BCUT2D eigenvalue weighted by Gasteiger charge is 2.36. The molecule has 1 amide bonds. The molecule has 0 aromatic rings. The van der Waals surface area contributed by atoms with Crippen molar-refractivity contribution >= 4 is 5.91 Å². The minimum Gasteiger partial charge on any atom is -0.394 e. The standard InChI is InChI=1S/C16H29NO2/c1-13-6-5-9-16(11-13,12-18)17-15(19)10-14-7-3-2-4-8-14/h13-14,18H,2-12H2,1H3,(H,17,19). The summed E-state index contributed by atoms with van der Waals surface area (Å²) >= 11 is 0. The summed E-state index contributed by atoms with van der Waals surface area (Å²) in [6.07, 6.45) is 11.2. The third-order valence-electron chi connectivity index (χ3n) is 5.00. The smallest absolute Gasteiger partial charge is 0.220 e. The zero-order chi connectivity index (χ0) is 13.7. The van der Waals surface area contributed by atoms with Crippen molar-refractivity contribution in [2.75, 3.05) is 6.61 Å². The molecule has 2 rings (SSSR count). The number of carbonyl (C=O) groups is 1. The van der Waals surface area contributed by atoms with Gasteiger partial charge in [0.25, 0.3) is 0 Å². The van der Waals surface area contributed by atoms with E-state index < -0.39 is 0 Å². The third kappa shape index (κ3) is 4.20. The summed E-state index contributed by atoms with van der Waals surface area (Å²) < 4.78 is 0. The van der Waals surface area contributed by atoms with Crippen LogP contribution in [0.5, 0.6) is 0 Å². The van der Waals surface area contributed by atoms with Gasteiger partial charge in [0.1, 0.15) is 0 Å². The monoisotopic (exact) mass is 267 g/mol. The lowest BCUT2D eigenvalue weighted by molar-refractivity contribution is -0.125. The summed E-state index contributed by atoms with van der Waals surface area (Å²) in [7, 11) is 0. The van der Waals surface area contributed by atoms with E-state index in [2.05, 4.69) is 12.2 Å². The largest absolute Gasteiger partial charge is 0.394 e. The number of amides is 1. The van der Waals surface area contributed by atoms with Crippen molar-refractivity contribution in [1.29, 1.82) is 0 Å². The molecule has 2 N–H and O–H groups in total. The van der Waals surface area contributed by atoms with Crippen molar-refractivity contribution in [3.8, 4) is 0 Å². The highest BCUT2D eigenvalue weighted by molar-refractivity contribution is 5.77. The van der Waals surface area contributed by atoms with Crippen molar-refractivity contribution in [2.45, 2.75) is 76.7 Å². The molecule has 2 fully saturated rings. The van der Waals surface area contributed by atoms with Crippen molar-refractivity contribution < 1.29 is 9.90 Å². The highest BCUT2D eigenvalue weighted by atomic mass is 16.3. The molecule has 0 bridgehead atoms. The van der Waals surface area contributed by atoms with Gasteiger partial charge < -0.3 is 10.4 Å². The highest BCUT2D eigenvalue weighted by Crippen LogP contribution is 2.33. The van der Waals surface area contributed by atoms with Gasteiger partial charge in [-0.2, -0.15) is 0 Å². The van der Waals surface area contributed by atoms with E-state index in [1.165, 1.54) is 38.5 Å². The first-order chi connectivity index (χ1) is 9.13. The van der Waals surface area contributed by atoms with Gasteiger partial charge in [0, 0.05) is 6.42 Å². The Morgan fingerprint density at radius 2 is 1.95 bits per heavy atom. The molecule has 2 unspecified atom stereocenters. The number of aliphatic hydroxyl groups is 1. The number of hydrogen-bond acceptors (Lipinski definition) is 2. The van der Waals surface area contributed by atoms with Gasteiger partial charge in [-0.25, -0.2) is 0 Å². The van der Waals surface area contributed by atoms with Gasteiger partial charge in [-0.3, -0.25) is 4.79 Å². The molecule has 0 aromatic heterocycles. The Hall–Kier alpha value is -0.570. The first kappa shape index (κ1) is 14.8. The molecule has 0 heterocycles. The molecule has 3 heteroatoms. The van der Waals surface area contributed by atoms with E-state index in [4.69, 9.17) is 0 Å². The first-order valence-corrected chi connectivity index (χ1v) is 8.05. The molecule has 2 aliphatic rings. The van der Waals surface area contributed by atoms with Crippen molar-refractivity contribution in [3.63, 3.8) is 0 Å². The van der Waals surface area contributed by atoms with Crippen LogP contribution in [0, 0.1) is 11.8 Å². The molecule has 2 atom stereocenters. The van der Waals surface area contributed by atoms with E-state index in [1.54, 1.807) is 0 Å². The molecule has 2 saturated carbocycles. The van der Waals surface area contributed by atoms with Crippen LogP contribution in [0.2, 0.25) is 0 Å². The lowest BCUT2D eigenvalue weighted by atomic mass is 9.76. The van der Waals surface area contributed by atoms with Crippen LogP contribution in [-0.2, 0) is 4.79 Å². The topological polar surface area (TPSA) is 49.3 Å². The van der Waals surface area contributed by atoms with Gasteiger partial charge in [-0.1, -0.05) is 39.0 Å². The second-order valence-corrected chi connectivity index (χ2v) is 6.90. The number of aliphatic hydroxyl groups excluding tert-OH is 1. The van der Waals surface area contributed by atoms with Crippen LogP contribution in [-0.4, -0.2) is 23.2 Å². The third-order valence-corrected chi connectivity index (χ3v) is 5.00. The number of carbonyl (C=O) groups excluding carboxylic acids is 1. The average molecular weight is 267 g/mol. The quantitative estimate of drug-likeness (QED) is 0.822. The second kappa shape index (κ2) is 6.74. The van der Waals surface area contributed by atoms with Gasteiger partial charge in [0.15, 0.2) is 0 Å². The fourth-order valence-electron chi connectivity index (χ4n) is 3.96. The molecule has 3 nitrogen and oxygen atoms in total. The van der Waals surface area contributed by atoms with Crippen molar-refractivity contribution in [3.05, 3.63) is 0 Å². The average Bonchev–Trinajstić information content (AvgIpc) is 2.39. The predicted octanol–water partition coefficient (Wildman–Crippen LogP) is 3.01. The SMILES string of the molecule is CC1CCCC(CO)(NC(=O)CC2CCCCC2)C1. The Balaban J connectivity index is 1.84. The maximum absolute atomic E-state index is 12.2. The van der Waals surface area contributed by atoms with E-state index >= 15 is 0 Å². The number of nitrogens with one attached hydrogen (secondary N) is 1. The number of hydrogen-bond donors (Lipinski definition) is 2. The summed E-state index contributed by atoms with van der Waals surface area (Å²) in [4.78, 5) is 12.2. The zero-order valence-corrected chi connectivity index (χ0v) is 12.3. The van der Waals surface area contributed by atoms with E-state index in [0.29, 0.717) is 18.3 Å². The minimum absolute atomic E-state index is 0.0910.